The zero-order valence-corrected chi connectivity index (χ0v) is 10.3. The largest absolute Gasteiger partial charge is 0.444 e. The van der Waals surface area contributed by atoms with E-state index in [2.05, 4.69) is 0 Å². The minimum Gasteiger partial charge on any atom is -0.444 e. The minimum absolute atomic E-state index is 0. The molecule has 15 heavy (non-hydrogen) atoms. The van der Waals surface area contributed by atoms with E-state index in [9.17, 15) is 9.90 Å². The lowest BCUT2D eigenvalue weighted by molar-refractivity contribution is 0.0101. The Hall–Kier alpha value is -0.480. The van der Waals surface area contributed by atoms with Gasteiger partial charge in [-0.2, -0.15) is 0 Å². The normalized spacial score (nSPS) is 18.3. The van der Waals surface area contributed by atoms with Gasteiger partial charge in [-0.25, -0.2) is 4.79 Å². The molecule has 0 saturated carbocycles. The van der Waals surface area contributed by atoms with Gasteiger partial charge in [-0.15, -0.1) is 12.4 Å². The van der Waals surface area contributed by atoms with Crippen molar-refractivity contribution in [2.75, 3.05) is 13.1 Å². The summed E-state index contributed by atoms with van der Waals surface area (Å²) >= 11 is 0. The number of amides is 1. The summed E-state index contributed by atoms with van der Waals surface area (Å²) in [6.07, 6.45) is 0.775. The number of hydrogen-bond donors (Lipinski definition) is 1. The van der Waals surface area contributed by atoms with Gasteiger partial charge in [-0.3, -0.25) is 0 Å². The van der Waals surface area contributed by atoms with Crippen LogP contribution in [0.1, 0.15) is 33.6 Å². The summed E-state index contributed by atoms with van der Waals surface area (Å²) in [4.78, 5) is 13.2. The van der Waals surface area contributed by atoms with Crippen LogP contribution in [0.4, 0.5) is 4.79 Å². The van der Waals surface area contributed by atoms with E-state index >= 15 is 0 Å². The molecule has 0 spiro atoms. The molecule has 1 amide bonds. The van der Waals surface area contributed by atoms with E-state index in [4.69, 9.17) is 4.74 Å². The van der Waals surface area contributed by atoms with Crippen molar-refractivity contribution in [1.29, 1.82) is 0 Å². The summed E-state index contributed by atoms with van der Waals surface area (Å²) in [6.45, 7) is 6.74. The molecule has 1 fully saturated rings. The SMILES string of the molecule is CC(C)(C)OC(=O)N1CCC(O)CC1.Cl. The Morgan fingerprint density at radius 1 is 1.33 bits per heavy atom. The summed E-state index contributed by atoms with van der Waals surface area (Å²) < 4.78 is 5.22. The highest BCUT2D eigenvalue weighted by Crippen LogP contribution is 2.14. The minimum atomic E-state index is -0.437. The Bertz CT molecular complexity index is 207. The van der Waals surface area contributed by atoms with Crippen molar-refractivity contribution in [3.63, 3.8) is 0 Å². The molecule has 1 aliphatic rings. The first-order valence-electron chi connectivity index (χ1n) is 5.04. The Balaban J connectivity index is 0.00000196. The molecule has 0 aromatic rings. The Kier molecular flexibility index (Phi) is 5.38. The van der Waals surface area contributed by atoms with Gasteiger partial charge in [0.2, 0.25) is 0 Å². The van der Waals surface area contributed by atoms with Gasteiger partial charge in [-0.05, 0) is 33.6 Å². The number of rotatable bonds is 0. The Labute approximate surface area is 97.0 Å². The lowest BCUT2D eigenvalue weighted by atomic mass is 10.1. The number of ether oxygens (including phenoxy) is 1. The van der Waals surface area contributed by atoms with Crippen LogP contribution in [0.5, 0.6) is 0 Å². The van der Waals surface area contributed by atoms with E-state index in [1.54, 1.807) is 4.90 Å². The quantitative estimate of drug-likeness (QED) is 0.699. The molecule has 0 unspecified atom stereocenters. The molecule has 0 aliphatic carbocycles. The fourth-order valence-corrected chi connectivity index (χ4v) is 1.37. The van der Waals surface area contributed by atoms with Gasteiger partial charge in [0.05, 0.1) is 6.10 Å². The van der Waals surface area contributed by atoms with E-state index < -0.39 is 5.60 Å². The first kappa shape index (κ1) is 14.5. The molecule has 1 heterocycles. The van der Waals surface area contributed by atoms with Crippen molar-refractivity contribution in [1.82, 2.24) is 4.90 Å². The number of carbonyl (C=O) groups excluding carboxylic acids is 1. The number of carbonyl (C=O) groups is 1. The predicted molar refractivity (Wildman–Crippen MR) is 60.3 cm³/mol. The fourth-order valence-electron chi connectivity index (χ4n) is 1.37. The van der Waals surface area contributed by atoms with Crippen LogP contribution in [-0.2, 0) is 4.74 Å². The summed E-state index contributed by atoms with van der Waals surface area (Å²) in [5, 5.41) is 9.26. The number of hydrogen-bond acceptors (Lipinski definition) is 3. The molecule has 0 aromatic carbocycles. The monoisotopic (exact) mass is 237 g/mol. The predicted octanol–water partition coefficient (Wildman–Crippen LogP) is 1.80. The first-order chi connectivity index (χ1) is 6.38. The summed E-state index contributed by atoms with van der Waals surface area (Å²) in [5.41, 5.74) is -0.437. The second-order valence-electron chi connectivity index (χ2n) is 4.70. The number of nitrogens with zero attached hydrogens (tertiary/aromatic N) is 1. The third-order valence-electron chi connectivity index (χ3n) is 2.12. The van der Waals surface area contributed by atoms with Crippen LogP contribution in [0.15, 0.2) is 0 Å². The highest BCUT2D eigenvalue weighted by molar-refractivity contribution is 5.85. The van der Waals surface area contributed by atoms with Gasteiger partial charge in [0, 0.05) is 13.1 Å². The summed E-state index contributed by atoms with van der Waals surface area (Å²) in [6, 6.07) is 0. The third-order valence-corrected chi connectivity index (χ3v) is 2.12. The van der Waals surface area contributed by atoms with Crippen LogP contribution < -0.4 is 0 Å². The average Bonchev–Trinajstić information content (AvgIpc) is 2.02. The highest BCUT2D eigenvalue weighted by Gasteiger charge is 2.25. The van der Waals surface area contributed by atoms with Crippen molar-refractivity contribution in [3.05, 3.63) is 0 Å². The van der Waals surface area contributed by atoms with Gasteiger partial charge in [0.1, 0.15) is 5.60 Å². The molecule has 0 radical (unpaired) electrons. The molecule has 1 N–H and O–H groups in total. The number of piperidine rings is 1. The van der Waals surface area contributed by atoms with Crippen molar-refractivity contribution in [2.45, 2.75) is 45.3 Å². The van der Waals surface area contributed by atoms with Gasteiger partial charge in [-0.1, -0.05) is 0 Å². The summed E-state index contributed by atoms with van der Waals surface area (Å²) in [5.74, 6) is 0. The highest BCUT2D eigenvalue weighted by atomic mass is 35.5. The number of aliphatic hydroxyl groups is 1. The molecule has 0 aromatic heterocycles. The zero-order chi connectivity index (χ0) is 10.8. The number of likely N-dealkylation sites (tertiary alicyclic amines) is 1. The number of halogens is 1. The van der Waals surface area contributed by atoms with Crippen molar-refractivity contribution in [3.8, 4) is 0 Å². The van der Waals surface area contributed by atoms with E-state index in [-0.39, 0.29) is 24.6 Å². The van der Waals surface area contributed by atoms with Crippen LogP contribution in [0, 0.1) is 0 Å². The van der Waals surface area contributed by atoms with Gasteiger partial charge >= 0.3 is 6.09 Å². The molecule has 90 valence electrons. The van der Waals surface area contributed by atoms with Crippen LogP contribution in [-0.4, -0.2) is 40.9 Å². The zero-order valence-electron chi connectivity index (χ0n) is 9.52. The first-order valence-corrected chi connectivity index (χ1v) is 5.04. The molecule has 1 rings (SSSR count). The molecule has 1 aliphatic heterocycles. The maximum Gasteiger partial charge on any atom is 0.410 e. The van der Waals surface area contributed by atoms with Crippen LogP contribution in [0.3, 0.4) is 0 Å². The van der Waals surface area contributed by atoms with E-state index in [1.165, 1.54) is 0 Å². The second-order valence-corrected chi connectivity index (χ2v) is 4.70. The molecule has 1 saturated heterocycles. The lowest BCUT2D eigenvalue weighted by Gasteiger charge is -2.31. The molecule has 0 atom stereocenters. The molecule has 4 nitrogen and oxygen atoms in total. The smallest absolute Gasteiger partial charge is 0.410 e. The van der Waals surface area contributed by atoms with Crippen molar-refractivity contribution < 1.29 is 14.6 Å². The standard InChI is InChI=1S/C10H19NO3.ClH/c1-10(2,3)14-9(13)11-6-4-8(12)5-7-11;/h8,12H,4-7H2,1-3H3;1H. The molecular formula is C10H20ClNO3. The van der Waals surface area contributed by atoms with Crippen LogP contribution in [0.25, 0.3) is 0 Å². The summed E-state index contributed by atoms with van der Waals surface area (Å²) in [7, 11) is 0. The van der Waals surface area contributed by atoms with E-state index in [1.807, 2.05) is 20.8 Å². The number of aliphatic hydroxyl groups excluding tert-OH is 1. The lowest BCUT2D eigenvalue weighted by Crippen LogP contribution is -2.42. The third kappa shape index (κ3) is 5.23. The average molecular weight is 238 g/mol. The van der Waals surface area contributed by atoms with E-state index in [0.29, 0.717) is 25.9 Å². The second kappa shape index (κ2) is 5.56. The Morgan fingerprint density at radius 2 is 1.80 bits per heavy atom. The van der Waals surface area contributed by atoms with Gasteiger partial charge in [0.15, 0.2) is 0 Å². The molecule has 0 bridgehead atoms. The van der Waals surface area contributed by atoms with Crippen molar-refractivity contribution >= 4 is 18.5 Å². The Morgan fingerprint density at radius 3 is 2.20 bits per heavy atom. The van der Waals surface area contributed by atoms with Crippen LogP contribution >= 0.6 is 12.4 Å². The van der Waals surface area contributed by atoms with Gasteiger partial charge < -0.3 is 14.7 Å². The molecule has 5 heteroatoms. The fraction of sp³-hybridized carbons (Fsp3) is 0.900. The van der Waals surface area contributed by atoms with Crippen LogP contribution in [0.2, 0.25) is 0 Å². The van der Waals surface area contributed by atoms with E-state index in [0.717, 1.165) is 0 Å². The maximum absolute atomic E-state index is 11.5. The van der Waals surface area contributed by atoms with Crippen molar-refractivity contribution in [2.24, 2.45) is 0 Å². The maximum atomic E-state index is 11.5. The van der Waals surface area contributed by atoms with Gasteiger partial charge in [0.25, 0.3) is 0 Å². The molecular weight excluding hydrogens is 218 g/mol. The topological polar surface area (TPSA) is 49.8 Å².